The maximum Gasteiger partial charge on any atom is 0.280 e. The number of nitrogens with one attached hydrogen (secondary N) is 1. The summed E-state index contributed by atoms with van der Waals surface area (Å²) in [5.41, 5.74) is 2.44. The van der Waals surface area contributed by atoms with Crippen molar-refractivity contribution in [1.29, 1.82) is 0 Å². The molecule has 1 aromatic heterocycles. The number of hydrazone groups is 1. The van der Waals surface area contributed by atoms with Gasteiger partial charge in [0.2, 0.25) is 0 Å². The van der Waals surface area contributed by atoms with Gasteiger partial charge in [0.05, 0.1) is 10.0 Å². The fourth-order valence-electron chi connectivity index (χ4n) is 1.42. The van der Waals surface area contributed by atoms with Gasteiger partial charge in [0.15, 0.2) is 6.10 Å². The average Bonchev–Trinajstić information content (AvgIpc) is 2.87. The number of thiophene rings is 1. The van der Waals surface area contributed by atoms with Crippen molar-refractivity contribution >= 4 is 51.0 Å². The first kappa shape index (κ1) is 16.0. The van der Waals surface area contributed by atoms with Gasteiger partial charge in [0.1, 0.15) is 5.75 Å². The second-order valence-corrected chi connectivity index (χ2v) is 7.02. The number of halogens is 2. The van der Waals surface area contributed by atoms with Crippen LogP contribution in [0, 0.1) is 0 Å². The number of hydrogen-bond acceptors (Lipinski definition) is 4. The van der Waals surface area contributed by atoms with E-state index in [2.05, 4.69) is 26.5 Å². The predicted molar refractivity (Wildman–Crippen MR) is 89.3 cm³/mol. The van der Waals surface area contributed by atoms with Crippen LogP contribution in [0.4, 0.5) is 0 Å². The predicted octanol–water partition coefficient (Wildman–Crippen LogP) is 4.08. The fraction of sp³-hybridized carbons (Fsp3) is 0.143. The molecular formula is C14H12BrClN2O2S. The van der Waals surface area contributed by atoms with Gasteiger partial charge in [-0.05, 0) is 59.3 Å². The van der Waals surface area contributed by atoms with Crippen LogP contribution in [0.15, 0.2) is 45.3 Å². The molecule has 0 bridgehead atoms. The lowest BCUT2D eigenvalue weighted by Gasteiger charge is -2.12. The van der Waals surface area contributed by atoms with Gasteiger partial charge < -0.3 is 4.74 Å². The Morgan fingerprint density at radius 2 is 2.10 bits per heavy atom. The van der Waals surface area contributed by atoms with Crippen molar-refractivity contribution in [3.8, 4) is 5.75 Å². The van der Waals surface area contributed by atoms with Crippen LogP contribution in [0.1, 0.15) is 11.8 Å². The molecule has 1 atom stereocenters. The van der Waals surface area contributed by atoms with Crippen LogP contribution in [0.5, 0.6) is 5.75 Å². The van der Waals surface area contributed by atoms with Crippen molar-refractivity contribution in [2.24, 2.45) is 5.10 Å². The van der Waals surface area contributed by atoms with Crippen molar-refractivity contribution in [1.82, 2.24) is 5.43 Å². The van der Waals surface area contributed by atoms with E-state index in [1.807, 2.05) is 12.1 Å². The summed E-state index contributed by atoms with van der Waals surface area (Å²) < 4.78 is 6.50. The van der Waals surface area contributed by atoms with E-state index in [0.29, 0.717) is 10.8 Å². The highest BCUT2D eigenvalue weighted by Crippen LogP contribution is 2.20. The minimum Gasteiger partial charge on any atom is -0.481 e. The van der Waals surface area contributed by atoms with Crippen LogP contribution < -0.4 is 10.2 Å². The topological polar surface area (TPSA) is 50.7 Å². The zero-order chi connectivity index (χ0) is 15.2. The zero-order valence-corrected chi connectivity index (χ0v) is 14.2. The Morgan fingerprint density at radius 1 is 1.38 bits per heavy atom. The minimum atomic E-state index is -0.654. The second kappa shape index (κ2) is 7.59. The Balaban J connectivity index is 1.85. The quantitative estimate of drug-likeness (QED) is 0.621. The maximum absolute atomic E-state index is 11.8. The van der Waals surface area contributed by atoms with Crippen molar-refractivity contribution < 1.29 is 9.53 Å². The molecule has 1 aromatic carbocycles. The molecule has 0 saturated carbocycles. The number of amides is 1. The summed E-state index contributed by atoms with van der Waals surface area (Å²) in [6, 6.07) is 10.6. The smallest absolute Gasteiger partial charge is 0.280 e. The number of carbonyl (C=O) groups excluding carboxylic acids is 1. The Morgan fingerprint density at radius 3 is 2.71 bits per heavy atom. The van der Waals surface area contributed by atoms with Gasteiger partial charge in [-0.15, -0.1) is 11.3 Å². The molecule has 1 N–H and O–H groups in total. The number of nitrogens with zero attached hydrogens (tertiary/aromatic N) is 1. The second-order valence-electron chi connectivity index (χ2n) is 4.09. The molecule has 0 radical (unpaired) electrons. The van der Waals surface area contributed by atoms with E-state index in [1.54, 1.807) is 37.4 Å². The molecule has 2 aromatic rings. The van der Waals surface area contributed by atoms with Crippen molar-refractivity contribution in [3.63, 3.8) is 0 Å². The average molecular weight is 388 g/mol. The highest BCUT2D eigenvalue weighted by molar-refractivity contribution is 9.11. The molecular weight excluding hydrogens is 376 g/mol. The van der Waals surface area contributed by atoms with Crippen LogP contribution >= 0.6 is 38.9 Å². The molecule has 0 fully saturated rings. The molecule has 1 unspecified atom stereocenters. The molecule has 0 aliphatic rings. The molecule has 110 valence electrons. The van der Waals surface area contributed by atoms with E-state index in [4.69, 9.17) is 16.3 Å². The summed E-state index contributed by atoms with van der Waals surface area (Å²) in [6.07, 6.45) is 0.931. The number of ether oxygens (including phenoxy) is 1. The summed E-state index contributed by atoms with van der Waals surface area (Å²) in [4.78, 5) is 12.8. The molecule has 1 amide bonds. The van der Waals surface area contributed by atoms with Gasteiger partial charge in [-0.1, -0.05) is 11.6 Å². The Labute approximate surface area is 139 Å². The van der Waals surface area contributed by atoms with E-state index >= 15 is 0 Å². The third kappa shape index (κ3) is 5.15. The first-order valence-electron chi connectivity index (χ1n) is 6.05. The van der Waals surface area contributed by atoms with E-state index in [0.717, 1.165) is 8.66 Å². The molecule has 2 rings (SSSR count). The number of hydrogen-bond donors (Lipinski definition) is 1. The largest absolute Gasteiger partial charge is 0.481 e. The summed E-state index contributed by atoms with van der Waals surface area (Å²) in [7, 11) is 0. The third-order valence-corrected chi connectivity index (χ3v) is 4.27. The zero-order valence-electron chi connectivity index (χ0n) is 11.0. The first-order chi connectivity index (χ1) is 10.0. The van der Waals surface area contributed by atoms with Crippen molar-refractivity contribution in [3.05, 3.63) is 50.1 Å². The Bertz CT molecular complexity index is 643. The molecule has 0 aliphatic heterocycles. The van der Waals surface area contributed by atoms with Gasteiger partial charge in [0, 0.05) is 9.90 Å². The highest BCUT2D eigenvalue weighted by atomic mass is 79.9. The van der Waals surface area contributed by atoms with Gasteiger partial charge >= 0.3 is 0 Å². The van der Waals surface area contributed by atoms with Gasteiger partial charge in [-0.3, -0.25) is 4.79 Å². The molecule has 7 heteroatoms. The normalized spacial score (nSPS) is 12.3. The molecule has 0 saturated heterocycles. The SMILES string of the molecule is CC(Oc1ccc(Cl)cc1)C(=O)N/N=C/c1ccc(Br)s1. The third-order valence-electron chi connectivity index (χ3n) is 2.46. The van der Waals surface area contributed by atoms with Gasteiger partial charge in [0.25, 0.3) is 5.91 Å². The molecule has 21 heavy (non-hydrogen) atoms. The summed E-state index contributed by atoms with van der Waals surface area (Å²) in [5.74, 6) is 0.255. The van der Waals surface area contributed by atoms with Crippen molar-refractivity contribution in [2.75, 3.05) is 0 Å². The first-order valence-corrected chi connectivity index (χ1v) is 8.04. The summed E-state index contributed by atoms with van der Waals surface area (Å²) in [5, 5.41) is 4.51. The van der Waals surface area contributed by atoms with Crippen LogP contribution in [0.2, 0.25) is 5.02 Å². The van der Waals surface area contributed by atoms with E-state index in [1.165, 1.54) is 11.3 Å². The fourth-order valence-corrected chi connectivity index (χ4v) is 2.84. The lowest BCUT2D eigenvalue weighted by Crippen LogP contribution is -2.33. The lowest BCUT2D eigenvalue weighted by atomic mass is 10.3. The van der Waals surface area contributed by atoms with Crippen LogP contribution in [-0.2, 0) is 4.79 Å². The van der Waals surface area contributed by atoms with Crippen LogP contribution in [0.3, 0.4) is 0 Å². The number of rotatable bonds is 5. The van der Waals surface area contributed by atoms with E-state index in [9.17, 15) is 4.79 Å². The number of benzene rings is 1. The highest BCUT2D eigenvalue weighted by Gasteiger charge is 2.13. The van der Waals surface area contributed by atoms with Crippen LogP contribution in [0.25, 0.3) is 0 Å². The van der Waals surface area contributed by atoms with Crippen LogP contribution in [-0.4, -0.2) is 18.2 Å². The van der Waals surface area contributed by atoms with Crippen molar-refractivity contribution in [2.45, 2.75) is 13.0 Å². The van der Waals surface area contributed by atoms with Gasteiger partial charge in [-0.2, -0.15) is 5.10 Å². The van der Waals surface area contributed by atoms with E-state index < -0.39 is 6.10 Å². The molecule has 4 nitrogen and oxygen atoms in total. The number of carbonyl (C=O) groups is 1. The van der Waals surface area contributed by atoms with E-state index in [-0.39, 0.29) is 5.91 Å². The molecule has 0 spiro atoms. The summed E-state index contributed by atoms with van der Waals surface area (Å²) in [6.45, 7) is 1.65. The summed E-state index contributed by atoms with van der Waals surface area (Å²) >= 11 is 10.7. The minimum absolute atomic E-state index is 0.322. The monoisotopic (exact) mass is 386 g/mol. The van der Waals surface area contributed by atoms with Gasteiger partial charge in [-0.25, -0.2) is 5.43 Å². The molecule has 1 heterocycles. The lowest BCUT2D eigenvalue weighted by molar-refractivity contribution is -0.127. The maximum atomic E-state index is 11.8. The Kier molecular flexibility index (Phi) is 5.78. The standard InChI is InChI=1S/C14H12BrClN2O2S/c1-9(20-11-4-2-10(16)3-5-11)14(19)18-17-8-12-6-7-13(15)21-12/h2-9H,1H3,(H,18,19)/b17-8+. The molecule has 0 aliphatic carbocycles. The Hall–Kier alpha value is -1.37.